The molecule has 0 spiro atoms. The summed E-state index contributed by atoms with van der Waals surface area (Å²) in [6, 6.07) is 25.6. The van der Waals surface area contributed by atoms with Gasteiger partial charge in [0.1, 0.15) is 29.2 Å². The summed E-state index contributed by atoms with van der Waals surface area (Å²) in [5.41, 5.74) is 4.59. The van der Waals surface area contributed by atoms with Gasteiger partial charge in [-0.25, -0.2) is 19.2 Å². The highest BCUT2D eigenvalue weighted by molar-refractivity contribution is 5.87. The number of nitrogens with one attached hydrogen (secondary N) is 2. The van der Waals surface area contributed by atoms with E-state index in [9.17, 15) is 4.79 Å². The van der Waals surface area contributed by atoms with Crippen molar-refractivity contribution in [2.75, 3.05) is 16.8 Å². The monoisotopic (exact) mass is 732 g/mol. The largest absolute Gasteiger partial charge is 0.473 e. The molecule has 0 aliphatic carbocycles. The Balaban J connectivity index is 1.44. The highest BCUT2D eigenvalue weighted by Gasteiger charge is 2.29. The topological polar surface area (TPSA) is 111 Å². The highest BCUT2D eigenvalue weighted by atomic mass is 19.1. The summed E-state index contributed by atoms with van der Waals surface area (Å²) in [7, 11) is 1.99. The van der Waals surface area contributed by atoms with Crippen molar-refractivity contribution < 1.29 is 18.7 Å². The first-order valence-corrected chi connectivity index (χ1v) is 18.2. The average Bonchev–Trinajstić information content (AvgIpc) is 3.78. The predicted molar refractivity (Wildman–Crippen MR) is 210 cm³/mol. The van der Waals surface area contributed by atoms with Crippen molar-refractivity contribution in [3.63, 3.8) is 0 Å². The number of pyridine rings is 1. The van der Waals surface area contributed by atoms with Crippen LogP contribution in [0.15, 0.2) is 104 Å². The van der Waals surface area contributed by atoms with Gasteiger partial charge >= 0.3 is 6.09 Å². The first-order valence-electron chi connectivity index (χ1n) is 18.2. The number of nitrogens with zero attached hydrogens (tertiary/aromatic N) is 6. The SMILES string of the molecule is CC(CNC(=O)OC(C)(C)C)Oc1ncc(F)cc1C(Nc1nc2ccnn2c(N(Cc2ccccc2)Cc2ccccc2)c1-c1ccn(C)c1)C(C)C. The Morgan fingerprint density at radius 2 is 1.63 bits per heavy atom. The maximum Gasteiger partial charge on any atom is 0.407 e. The van der Waals surface area contributed by atoms with E-state index >= 15 is 4.39 Å². The molecule has 0 saturated carbocycles. The number of amides is 1. The Hall–Kier alpha value is -5.91. The van der Waals surface area contributed by atoms with Crippen molar-refractivity contribution in [1.82, 2.24) is 29.5 Å². The lowest BCUT2D eigenvalue weighted by atomic mass is 9.96. The third kappa shape index (κ3) is 9.35. The minimum atomic E-state index is -0.636. The summed E-state index contributed by atoms with van der Waals surface area (Å²) in [5.74, 6) is 1.14. The zero-order chi connectivity index (χ0) is 38.4. The van der Waals surface area contributed by atoms with Crippen LogP contribution >= 0.6 is 0 Å². The molecule has 2 N–H and O–H groups in total. The lowest BCUT2D eigenvalue weighted by molar-refractivity contribution is 0.0503. The third-order valence-corrected chi connectivity index (χ3v) is 8.75. The predicted octanol–water partition coefficient (Wildman–Crippen LogP) is 8.58. The number of halogens is 1. The van der Waals surface area contributed by atoms with Gasteiger partial charge in [-0.15, -0.1) is 0 Å². The van der Waals surface area contributed by atoms with Gasteiger partial charge in [-0.1, -0.05) is 74.5 Å². The Labute approximate surface area is 316 Å². The fourth-order valence-corrected chi connectivity index (χ4v) is 6.34. The quantitative estimate of drug-likeness (QED) is 0.115. The zero-order valence-corrected chi connectivity index (χ0v) is 32.0. The number of hydrogen-bond acceptors (Lipinski definition) is 8. The molecule has 6 rings (SSSR count). The molecule has 2 aromatic carbocycles. The van der Waals surface area contributed by atoms with E-state index < -0.39 is 29.7 Å². The summed E-state index contributed by atoms with van der Waals surface area (Å²) in [5, 5.41) is 11.3. The second-order valence-electron chi connectivity index (χ2n) is 14.9. The summed E-state index contributed by atoms with van der Waals surface area (Å²) < 4.78 is 30.7. The molecule has 12 heteroatoms. The maximum absolute atomic E-state index is 15.1. The van der Waals surface area contributed by atoms with Crippen LogP contribution in [-0.2, 0) is 24.9 Å². The van der Waals surface area contributed by atoms with E-state index in [1.807, 2.05) is 71.7 Å². The standard InChI is InChI=1S/C42H49FN8O3/c1-28(2)37(34-22-33(43)24-44-39(34)53-29(3)23-45-41(52)54-42(4,5)6)48-38-36(32-19-21-49(7)27-32)40(51-35(47-38)18-20-46-51)50(25-30-14-10-8-11-15-30)26-31-16-12-9-13-17-31/h8-22,24,27-29,37H,23,25-26H2,1-7H3,(H,45,52)(H,47,48). The van der Waals surface area contributed by atoms with Crippen LogP contribution in [0.4, 0.5) is 20.8 Å². The fraction of sp³-hybridized carbons (Fsp3) is 0.333. The van der Waals surface area contributed by atoms with Gasteiger partial charge in [0, 0.05) is 49.7 Å². The van der Waals surface area contributed by atoms with Crippen LogP contribution in [0.1, 0.15) is 64.3 Å². The molecule has 6 aromatic rings. The molecule has 282 valence electrons. The van der Waals surface area contributed by atoms with Crippen molar-refractivity contribution in [2.45, 2.75) is 72.4 Å². The number of anilines is 2. The normalized spacial score (nSPS) is 12.8. The van der Waals surface area contributed by atoms with Crippen LogP contribution in [0.5, 0.6) is 5.88 Å². The van der Waals surface area contributed by atoms with Crippen molar-refractivity contribution in [2.24, 2.45) is 13.0 Å². The molecule has 0 aliphatic rings. The number of alkyl carbamates (subject to hydrolysis) is 1. The number of rotatable bonds is 14. The molecule has 0 saturated heterocycles. The summed E-state index contributed by atoms with van der Waals surface area (Å²) in [6.45, 7) is 12.7. The van der Waals surface area contributed by atoms with Crippen LogP contribution in [0, 0.1) is 11.7 Å². The van der Waals surface area contributed by atoms with E-state index in [-0.39, 0.29) is 18.3 Å². The average molecular weight is 733 g/mol. The minimum absolute atomic E-state index is 0.0640. The number of carbonyl (C=O) groups excluding carboxylic acids is 1. The van der Waals surface area contributed by atoms with Crippen LogP contribution in [0.3, 0.4) is 0 Å². The van der Waals surface area contributed by atoms with Crippen LogP contribution in [-0.4, -0.2) is 48.5 Å². The van der Waals surface area contributed by atoms with Gasteiger partial charge in [0.25, 0.3) is 0 Å². The molecule has 0 bridgehead atoms. The molecule has 2 atom stereocenters. The van der Waals surface area contributed by atoms with Crippen molar-refractivity contribution >= 4 is 23.4 Å². The molecular formula is C42H49FN8O3. The maximum atomic E-state index is 15.1. The number of aryl methyl sites for hydroxylation is 1. The zero-order valence-electron chi connectivity index (χ0n) is 32.0. The molecule has 0 fully saturated rings. The Morgan fingerprint density at radius 1 is 0.963 bits per heavy atom. The van der Waals surface area contributed by atoms with Crippen LogP contribution < -0.4 is 20.3 Å². The van der Waals surface area contributed by atoms with Gasteiger partial charge < -0.3 is 29.6 Å². The number of hydrogen-bond donors (Lipinski definition) is 2. The van der Waals surface area contributed by atoms with Gasteiger partial charge in [-0.3, -0.25) is 0 Å². The number of fused-ring (bicyclic) bond motifs is 1. The van der Waals surface area contributed by atoms with E-state index in [0.717, 1.165) is 34.3 Å². The Morgan fingerprint density at radius 3 is 2.22 bits per heavy atom. The summed E-state index contributed by atoms with van der Waals surface area (Å²) in [4.78, 5) is 24.2. The van der Waals surface area contributed by atoms with Crippen LogP contribution in [0.2, 0.25) is 0 Å². The summed E-state index contributed by atoms with van der Waals surface area (Å²) in [6.07, 6.45) is 5.91. The van der Waals surface area contributed by atoms with Crippen LogP contribution in [0.25, 0.3) is 16.8 Å². The lowest BCUT2D eigenvalue weighted by Crippen LogP contribution is -2.38. The molecule has 1 amide bonds. The highest BCUT2D eigenvalue weighted by Crippen LogP contribution is 2.41. The Kier molecular flexibility index (Phi) is 11.5. The number of aromatic nitrogens is 5. The fourth-order valence-electron chi connectivity index (χ4n) is 6.34. The van der Waals surface area contributed by atoms with E-state index in [2.05, 4.69) is 70.9 Å². The van der Waals surface area contributed by atoms with Crippen molar-refractivity contribution in [3.05, 3.63) is 126 Å². The van der Waals surface area contributed by atoms with Crippen molar-refractivity contribution in [3.8, 4) is 17.0 Å². The molecule has 2 unspecified atom stereocenters. The van der Waals surface area contributed by atoms with E-state index in [0.29, 0.717) is 30.1 Å². The third-order valence-electron chi connectivity index (χ3n) is 8.75. The number of benzene rings is 2. The molecular weight excluding hydrogens is 684 g/mol. The molecule has 11 nitrogen and oxygen atoms in total. The second kappa shape index (κ2) is 16.4. The second-order valence-corrected chi connectivity index (χ2v) is 14.9. The van der Waals surface area contributed by atoms with Gasteiger partial charge in [-0.2, -0.15) is 9.61 Å². The van der Waals surface area contributed by atoms with E-state index in [1.165, 1.54) is 6.07 Å². The number of ether oxygens (including phenoxy) is 2. The van der Waals surface area contributed by atoms with Crippen molar-refractivity contribution in [1.29, 1.82) is 0 Å². The summed E-state index contributed by atoms with van der Waals surface area (Å²) >= 11 is 0. The molecule has 4 aromatic heterocycles. The smallest absolute Gasteiger partial charge is 0.407 e. The first-order chi connectivity index (χ1) is 25.8. The van der Waals surface area contributed by atoms with Gasteiger partial charge in [0.15, 0.2) is 5.65 Å². The Bertz CT molecular complexity index is 2120. The lowest BCUT2D eigenvalue weighted by Gasteiger charge is -2.31. The first kappa shape index (κ1) is 37.8. The molecule has 4 heterocycles. The van der Waals surface area contributed by atoms with Gasteiger partial charge in [0.2, 0.25) is 5.88 Å². The molecule has 54 heavy (non-hydrogen) atoms. The van der Waals surface area contributed by atoms with Gasteiger partial charge in [-0.05, 0) is 56.9 Å². The number of carbonyl (C=O) groups is 1. The van der Waals surface area contributed by atoms with Gasteiger partial charge in [0.05, 0.1) is 30.5 Å². The van der Waals surface area contributed by atoms with E-state index in [1.54, 1.807) is 27.0 Å². The molecule has 0 radical (unpaired) electrons. The van der Waals surface area contributed by atoms with E-state index in [4.69, 9.17) is 19.6 Å². The minimum Gasteiger partial charge on any atom is -0.473 e. The molecule has 0 aliphatic heterocycles.